The van der Waals surface area contributed by atoms with Crippen molar-refractivity contribution in [2.24, 2.45) is 0 Å². The van der Waals surface area contributed by atoms with E-state index in [1.807, 2.05) is 24.3 Å². The fourth-order valence-electron chi connectivity index (χ4n) is 1.80. The summed E-state index contributed by atoms with van der Waals surface area (Å²) in [7, 11) is 0. The van der Waals surface area contributed by atoms with E-state index in [4.69, 9.17) is 10.00 Å². The van der Waals surface area contributed by atoms with Crippen LogP contribution in [0.3, 0.4) is 0 Å². The highest BCUT2D eigenvalue weighted by Crippen LogP contribution is 2.21. The Morgan fingerprint density at radius 1 is 1.24 bits per heavy atom. The van der Waals surface area contributed by atoms with Gasteiger partial charge >= 0.3 is 0 Å². The maximum atomic E-state index is 8.49. The molecule has 0 aliphatic heterocycles. The van der Waals surface area contributed by atoms with Crippen LogP contribution in [-0.4, -0.2) is 19.7 Å². The van der Waals surface area contributed by atoms with Crippen molar-refractivity contribution in [1.82, 2.24) is 0 Å². The van der Waals surface area contributed by atoms with E-state index < -0.39 is 0 Å². The maximum Gasteiger partial charge on any atom is 0.174 e. The molecule has 1 rings (SSSR count). The summed E-state index contributed by atoms with van der Waals surface area (Å²) >= 11 is 0. The highest BCUT2D eigenvalue weighted by atomic mass is 16.5. The number of anilines is 1. The fraction of sp³-hybridized carbons (Fsp3) is 0.500. The minimum absolute atomic E-state index is 0.102. The summed E-state index contributed by atoms with van der Waals surface area (Å²) in [6.45, 7) is 6.56. The molecule has 0 aliphatic rings. The number of nitriles is 1. The largest absolute Gasteiger partial charge is 0.479 e. The quantitative estimate of drug-likeness (QED) is 0.724. The Balaban J connectivity index is 2.76. The van der Waals surface area contributed by atoms with Crippen LogP contribution in [0.2, 0.25) is 0 Å². The molecule has 17 heavy (non-hydrogen) atoms. The molecule has 0 amide bonds. The van der Waals surface area contributed by atoms with Gasteiger partial charge in [-0.25, -0.2) is 0 Å². The molecule has 0 unspecified atom stereocenters. The van der Waals surface area contributed by atoms with Gasteiger partial charge in [-0.05, 0) is 25.0 Å². The number of rotatable bonds is 7. The lowest BCUT2D eigenvalue weighted by molar-refractivity contribution is 0.368. The zero-order valence-electron chi connectivity index (χ0n) is 10.6. The summed E-state index contributed by atoms with van der Waals surface area (Å²) in [5, 5.41) is 8.49. The topological polar surface area (TPSA) is 36.3 Å². The predicted molar refractivity (Wildman–Crippen MR) is 70.3 cm³/mol. The molecule has 1 aromatic rings. The molecule has 0 saturated heterocycles. The van der Waals surface area contributed by atoms with Crippen molar-refractivity contribution in [2.75, 3.05) is 24.6 Å². The number of benzene rings is 1. The first-order valence-corrected chi connectivity index (χ1v) is 6.16. The van der Waals surface area contributed by atoms with Crippen LogP contribution in [-0.2, 0) is 0 Å². The molecule has 0 heterocycles. The van der Waals surface area contributed by atoms with Gasteiger partial charge in [-0.15, -0.1) is 0 Å². The lowest BCUT2D eigenvalue weighted by Gasteiger charge is -2.24. The van der Waals surface area contributed by atoms with Gasteiger partial charge in [-0.3, -0.25) is 0 Å². The molecule has 0 radical (unpaired) electrons. The van der Waals surface area contributed by atoms with Crippen molar-refractivity contribution < 1.29 is 4.74 Å². The Hall–Kier alpha value is -1.69. The average Bonchev–Trinajstić information content (AvgIpc) is 2.36. The highest BCUT2D eigenvalue weighted by Gasteiger charge is 2.05. The van der Waals surface area contributed by atoms with Crippen LogP contribution in [0.15, 0.2) is 24.3 Å². The molecule has 0 aliphatic carbocycles. The molecule has 1 aromatic carbocycles. The Morgan fingerprint density at radius 2 is 1.94 bits per heavy atom. The van der Waals surface area contributed by atoms with Gasteiger partial charge in [0, 0.05) is 24.8 Å². The molecule has 0 bridgehead atoms. The van der Waals surface area contributed by atoms with Gasteiger partial charge in [0.15, 0.2) is 6.61 Å². The predicted octanol–water partition coefficient (Wildman–Crippen LogP) is 3.22. The Morgan fingerprint density at radius 3 is 2.53 bits per heavy atom. The summed E-state index contributed by atoms with van der Waals surface area (Å²) in [6, 6.07) is 9.93. The van der Waals surface area contributed by atoms with Gasteiger partial charge in [0.05, 0.1) is 0 Å². The van der Waals surface area contributed by atoms with Gasteiger partial charge in [-0.2, -0.15) is 5.26 Å². The van der Waals surface area contributed by atoms with E-state index in [-0.39, 0.29) is 6.61 Å². The first-order chi connectivity index (χ1) is 8.31. The Labute approximate surface area is 104 Å². The second kappa shape index (κ2) is 7.56. The lowest BCUT2D eigenvalue weighted by Crippen LogP contribution is -2.24. The maximum absolute atomic E-state index is 8.49. The van der Waals surface area contributed by atoms with Crippen LogP contribution < -0.4 is 9.64 Å². The minimum atomic E-state index is 0.102. The summed E-state index contributed by atoms with van der Waals surface area (Å²) in [5.74, 6) is 0.765. The van der Waals surface area contributed by atoms with E-state index in [0.29, 0.717) is 0 Å². The molecule has 0 spiro atoms. The number of hydrogen-bond donors (Lipinski definition) is 0. The van der Waals surface area contributed by atoms with Gasteiger partial charge in [0.2, 0.25) is 0 Å². The second-order valence-corrected chi connectivity index (χ2v) is 3.93. The summed E-state index contributed by atoms with van der Waals surface area (Å²) < 4.78 is 5.31. The lowest BCUT2D eigenvalue weighted by atomic mass is 10.2. The molecular weight excluding hydrogens is 212 g/mol. The van der Waals surface area contributed by atoms with E-state index in [1.165, 1.54) is 5.69 Å². The van der Waals surface area contributed by atoms with Gasteiger partial charge in [-0.1, -0.05) is 19.9 Å². The van der Waals surface area contributed by atoms with Crippen molar-refractivity contribution in [3.8, 4) is 11.8 Å². The van der Waals surface area contributed by atoms with Crippen LogP contribution in [0.5, 0.6) is 5.75 Å². The zero-order valence-corrected chi connectivity index (χ0v) is 10.6. The number of ether oxygens (including phenoxy) is 1. The third-order valence-corrected chi connectivity index (χ3v) is 2.47. The number of nitrogens with zero attached hydrogens (tertiary/aromatic N) is 2. The summed E-state index contributed by atoms with van der Waals surface area (Å²) in [4.78, 5) is 2.35. The SMILES string of the molecule is CCCN(CCC)c1cccc(OCC#N)c1. The van der Waals surface area contributed by atoms with Crippen LogP contribution in [0.4, 0.5) is 5.69 Å². The third kappa shape index (κ3) is 4.36. The minimum Gasteiger partial charge on any atom is -0.479 e. The van der Waals surface area contributed by atoms with Gasteiger partial charge < -0.3 is 9.64 Å². The van der Waals surface area contributed by atoms with E-state index >= 15 is 0 Å². The van der Waals surface area contributed by atoms with Crippen molar-refractivity contribution in [2.45, 2.75) is 26.7 Å². The fourth-order valence-corrected chi connectivity index (χ4v) is 1.80. The van der Waals surface area contributed by atoms with Crippen LogP contribution in [0.1, 0.15) is 26.7 Å². The molecule has 3 heteroatoms. The van der Waals surface area contributed by atoms with E-state index in [9.17, 15) is 0 Å². The first-order valence-electron chi connectivity index (χ1n) is 6.16. The molecule has 0 N–H and O–H groups in total. The standard InChI is InChI=1S/C14H20N2O/c1-3-9-16(10-4-2)13-6-5-7-14(12-13)17-11-8-15/h5-7,12H,3-4,9-11H2,1-2H3. The van der Waals surface area contributed by atoms with Gasteiger partial charge in [0.1, 0.15) is 11.8 Å². The zero-order chi connectivity index (χ0) is 12.5. The Bertz CT molecular complexity index is 365. The Kier molecular flexibility index (Phi) is 5.95. The van der Waals surface area contributed by atoms with Crippen molar-refractivity contribution in [1.29, 1.82) is 5.26 Å². The molecule has 92 valence electrons. The first kappa shape index (κ1) is 13.4. The molecular formula is C14H20N2O. The van der Waals surface area contributed by atoms with Gasteiger partial charge in [0.25, 0.3) is 0 Å². The van der Waals surface area contributed by atoms with E-state index in [1.54, 1.807) is 0 Å². The molecule has 0 atom stereocenters. The summed E-state index contributed by atoms with van der Waals surface area (Å²) in [5.41, 5.74) is 1.17. The average molecular weight is 232 g/mol. The third-order valence-electron chi connectivity index (χ3n) is 2.47. The van der Waals surface area contributed by atoms with Crippen LogP contribution >= 0.6 is 0 Å². The van der Waals surface area contributed by atoms with Crippen LogP contribution in [0, 0.1) is 11.3 Å². The molecule has 0 fully saturated rings. The normalized spacial score (nSPS) is 9.71. The highest BCUT2D eigenvalue weighted by molar-refractivity contribution is 5.50. The molecule has 0 saturated carbocycles. The van der Waals surface area contributed by atoms with Crippen molar-refractivity contribution >= 4 is 5.69 Å². The smallest absolute Gasteiger partial charge is 0.174 e. The molecule has 3 nitrogen and oxygen atoms in total. The van der Waals surface area contributed by atoms with E-state index in [0.717, 1.165) is 31.7 Å². The van der Waals surface area contributed by atoms with Crippen molar-refractivity contribution in [3.63, 3.8) is 0 Å². The monoisotopic (exact) mass is 232 g/mol. The van der Waals surface area contributed by atoms with Crippen molar-refractivity contribution in [3.05, 3.63) is 24.3 Å². The van der Waals surface area contributed by atoms with Crippen LogP contribution in [0.25, 0.3) is 0 Å². The molecule has 0 aromatic heterocycles. The summed E-state index contributed by atoms with van der Waals surface area (Å²) in [6.07, 6.45) is 2.26. The van der Waals surface area contributed by atoms with E-state index in [2.05, 4.69) is 24.8 Å². The second-order valence-electron chi connectivity index (χ2n) is 3.93. The number of hydrogen-bond acceptors (Lipinski definition) is 3.